The topological polar surface area (TPSA) is 24.9 Å². The van der Waals surface area contributed by atoms with Crippen LogP contribution in [0.5, 0.6) is 0 Å². The Morgan fingerprint density at radius 3 is 2.75 bits per heavy atom. The normalized spacial score (nSPS) is 23.3. The van der Waals surface area contributed by atoms with Gasteiger partial charge >= 0.3 is 0 Å². The predicted molar refractivity (Wildman–Crippen MR) is 85.7 cm³/mol. The van der Waals surface area contributed by atoms with Crippen LogP contribution in [0.4, 0.5) is 0 Å². The van der Waals surface area contributed by atoms with Crippen molar-refractivity contribution in [2.24, 2.45) is 0 Å². The van der Waals surface area contributed by atoms with E-state index in [1.807, 2.05) is 23.7 Å². The summed E-state index contributed by atoms with van der Waals surface area (Å²) in [4.78, 5) is 4.37. The number of hydrogen-bond donors (Lipinski definition) is 1. The van der Waals surface area contributed by atoms with Crippen molar-refractivity contribution in [2.75, 3.05) is 6.54 Å². The third kappa shape index (κ3) is 3.22. The fourth-order valence-electron chi connectivity index (χ4n) is 2.70. The van der Waals surface area contributed by atoms with Crippen molar-refractivity contribution in [2.45, 2.75) is 37.6 Å². The number of nitrogens with zero attached hydrogens (tertiary/aromatic N) is 1. The lowest BCUT2D eigenvalue weighted by Crippen LogP contribution is -2.41. The van der Waals surface area contributed by atoms with Gasteiger partial charge in [-0.1, -0.05) is 30.7 Å². The molecule has 2 aromatic rings. The number of hydrogen-bond acceptors (Lipinski definition) is 3. The summed E-state index contributed by atoms with van der Waals surface area (Å²) < 4.78 is 0. The van der Waals surface area contributed by atoms with Gasteiger partial charge < -0.3 is 5.32 Å². The Labute approximate surface area is 129 Å². The Kier molecular flexibility index (Phi) is 4.39. The third-order valence-electron chi connectivity index (χ3n) is 4.07. The molecule has 4 heteroatoms. The molecule has 1 atom stereocenters. The van der Waals surface area contributed by atoms with E-state index >= 15 is 0 Å². The van der Waals surface area contributed by atoms with Crippen molar-refractivity contribution >= 4 is 22.9 Å². The second-order valence-corrected chi connectivity index (χ2v) is 6.96. The lowest BCUT2D eigenvalue weighted by Gasteiger charge is -2.37. The summed E-state index contributed by atoms with van der Waals surface area (Å²) in [5.41, 5.74) is 1.42. The monoisotopic (exact) mass is 306 g/mol. The van der Waals surface area contributed by atoms with Gasteiger partial charge in [-0.05, 0) is 36.5 Å². The van der Waals surface area contributed by atoms with Gasteiger partial charge in [0.25, 0.3) is 0 Å². The summed E-state index contributed by atoms with van der Waals surface area (Å²) >= 11 is 7.67. The molecule has 1 aliphatic rings. The highest BCUT2D eigenvalue weighted by Gasteiger charge is 2.30. The molecule has 106 valence electrons. The Balaban J connectivity index is 1.43. The molecule has 1 unspecified atom stereocenters. The van der Waals surface area contributed by atoms with Gasteiger partial charge in [0, 0.05) is 35.1 Å². The SMILES string of the molecule is CC(CNC1CC(c2ccc(Cl)cc2)C1)c1nccs1. The fourth-order valence-corrected chi connectivity index (χ4v) is 3.52. The molecule has 0 aliphatic heterocycles. The lowest BCUT2D eigenvalue weighted by molar-refractivity contribution is 0.287. The number of nitrogens with one attached hydrogen (secondary N) is 1. The van der Waals surface area contributed by atoms with Crippen LogP contribution >= 0.6 is 22.9 Å². The first-order valence-corrected chi connectivity index (χ1v) is 8.36. The molecule has 0 bridgehead atoms. The number of aromatic nitrogens is 1. The van der Waals surface area contributed by atoms with Gasteiger partial charge in [-0.25, -0.2) is 4.98 Å². The maximum absolute atomic E-state index is 5.92. The van der Waals surface area contributed by atoms with E-state index in [4.69, 9.17) is 11.6 Å². The molecule has 1 heterocycles. The van der Waals surface area contributed by atoms with Crippen molar-refractivity contribution in [3.8, 4) is 0 Å². The first-order chi connectivity index (χ1) is 9.72. The summed E-state index contributed by atoms with van der Waals surface area (Å²) in [6.07, 6.45) is 4.34. The second kappa shape index (κ2) is 6.25. The highest BCUT2D eigenvalue weighted by atomic mass is 35.5. The van der Waals surface area contributed by atoms with E-state index in [1.165, 1.54) is 23.4 Å². The summed E-state index contributed by atoms with van der Waals surface area (Å²) in [5.74, 6) is 1.20. The van der Waals surface area contributed by atoms with Crippen LogP contribution in [0.1, 0.15) is 42.2 Å². The molecule has 1 aromatic heterocycles. The number of benzene rings is 1. The fraction of sp³-hybridized carbons (Fsp3) is 0.438. The lowest BCUT2D eigenvalue weighted by atomic mass is 9.76. The van der Waals surface area contributed by atoms with Crippen molar-refractivity contribution in [1.82, 2.24) is 10.3 Å². The van der Waals surface area contributed by atoms with E-state index < -0.39 is 0 Å². The van der Waals surface area contributed by atoms with Crippen LogP contribution in [-0.4, -0.2) is 17.6 Å². The molecule has 0 radical (unpaired) electrons. The minimum Gasteiger partial charge on any atom is -0.313 e. The van der Waals surface area contributed by atoms with E-state index in [9.17, 15) is 0 Å². The standard InChI is InChI=1S/C16H19ClN2S/c1-11(16-18-6-7-20-16)10-19-15-8-13(9-15)12-2-4-14(17)5-3-12/h2-7,11,13,15,19H,8-10H2,1H3. The van der Waals surface area contributed by atoms with Crippen molar-refractivity contribution in [1.29, 1.82) is 0 Å². The molecule has 0 spiro atoms. The van der Waals surface area contributed by atoms with Gasteiger partial charge in [-0.2, -0.15) is 0 Å². The van der Waals surface area contributed by atoms with E-state index in [2.05, 4.69) is 29.4 Å². The summed E-state index contributed by atoms with van der Waals surface area (Å²) in [7, 11) is 0. The quantitative estimate of drug-likeness (QED) is 0.883. The number of thiazole rings is 1. The van der Waals surface area contributed by atoms with Crippen molar-refractivity contribution < 1.29 is 0 Å². The number of rotatable bonds is 5. The van der Waals surface area contributed by atoms with Gasteiger partial charge in [-0.15, -0.1) is 11.3 Å². The average molecular weight is 307 g/mol. The maximum Gasteiger partial charge on any atom is 0.0965 e. The van der Waals surface area contributed by atoms with Gasteiger partial charge in [0.05, 0.1) is 5.01 Å². The van der Waals surface area contributed by atoms with Crippen LogP contribution in [0.15, 0.2) is 35.8 Å². The van der Waals surface area contributed by atoms with E-state index in [0.29, 0.717) is 17.9 Å². The number of halogens is 1. The van der Waals surface area contributed by atoms with E-state index in [1.54, 1.807) is 11.3 Å². The zero-order chi connectivity index (χ0) is 13.9. The van der Waals surface area contributed by atoms with Crippen LogP contribution in [0, 0.1) is 0 Å². The molecule has 1 aliphatic carbocycles. The van der Waals surface area contributed by atoms with Crippen LogP contribution in [-0.2, 0) is 0 Å². The molecule has 1 saturated carbocycles. The van der Waals surface area contributed by atoms with E-state index in [-0.39, 0.29) is 0 Å². The van der Waals surface area contributed by atoms with Gasteiger partial charge in [0.1, 0.15) is 0 Å². The second-order valence-electron chi connectivity index (χ2n) is 5.60. The minimum atomic E-state index is 0.504. The highest BCUT2D eigenvalue weighted by Crippen LogP contribution is 2.37. The molecule has 0 saturated heterocycles. The molecule has 1 N–H and O–H groups in total. The molecular weight excluding hydrogens is 288 g/mol. The van der Waals surface area contributed by atoms with Crippen molar-refractivity contribution in [3.63, 3.8) is 0 Å². The third-order valence-corrected chi connectivity index (χ3v) is 5.32. The molecule has 0 amide bonds. The molecular formula is C16H19ClN2S. The maximum atomic E-state index is 5.92. The Bertz CT molecular complexity index is 532. The molecule has 1 aromatic carbocycles. The van der Waals surface area contributed by atoms with Crippen LogP contribution in [0.3, 0.4) is 0 Å². The first kappa shape index (κ1) is 14.1. The molecule has 1 fully saturated rings. The van der Waals surface area contributed by atoms with Crippen molar-refractivity contribution in [3.05, 3.63) is 51.4 Å². The molecule has 2 nitrogen and oxygen atoms in total. The van der Waals surface area contributed by atoms with Gasteiger partial charge in [0.2, 0.25) is 0 Å². The smallest absolute Gasteiger partial charge is 0.0965 e. The molecule has 20 heavy (non-hydrogen) atoms. The summed E-state index contributed by atoms with van der Waals surface area (Å²) in [6.45, 7) is 3.26. The summed E-state index contributed by atoms with van der Waals surface area (Å²) in [5, 5.41) is 7.75. The Morgan fingerprint density at radius 1 is 1.35 bits per heavy atom. The van der Waals surface area contributed by atoms with Crippen LogP contribution in [0.2, 0.25) is 5.02 Å². The van der Waals surface area contributed by atoms with Gasteiger partial charge in [-0.3, -0.25) is 0 Å². The average Bonchev–Trinajstić information content (AvgIpc) is 2.92. The zero-order valence-electron chi connectivity index (χ0n) is 11.6. The minimum absolute atomic E-state index is 0.504. The van der Waals surface area contributed by atoms with E-state index in [0.717, 1.165) is 11.6 Å². The van der Waals surface area contributed by atoms with Gasteiger partial charge in [0.15, 0.2) is 0 Å². The first-order valence-electron chi connectivity index (χ1n) is 7.10. The Morgan fingerprint density at radius 2 is 2.10 bits per heavy atom. The highest BCUT2D eigenvalue weighted by molar-refractivity contribution is 7.09. The largest absolute Gasteiger partial charge is 0.313 e. The summed E-state index contributed by atoms with van der Waals surface area (Å²) in [6, 6.07) is 8.94. The van der Waals surface area contributed by atoms with Crippen LogP contribution < -0.4 is 5.32 Å². The Hall–Kier alpha value is -0.900. The predicted octanol–water partition coefficient (Wildman–Crippen LogP) is 4.44. The van der Waals surface area contributed by atoms with Crippen LogP contribution in [0.25, 0.3) is 0 Å². The zero-order valence-corrected chi connectivity index (χ0v) is 13.1. The molecule has 3 rings (SSSR count).